The number of benzene rings is 1. The Bertz CT molecular complexity index is 536. The molecule has 1 aromatic carbocycles. The van der Waals surface area contributed by atoms with E-state index in [-0.39, 0.29) is 4.90 Å². The van der Waals surface area contributed by atoms with Gasteiger partial charge in [-0.1, -0.05) is 17.7 Å². The van der Waals surface area contributed by atoms with Crippen molar-refractivity contribution >= 4 is 15.7 Å². The molecule has 0 aromatic heterocycles. The first kappa shape index (κ1) is 16.7. The maximum Gasteiger partial charge on any atom is 0.235 e. The second-order valence-corrected chi connectivity index (χ2v) is 7.07. The van der Waals surface area contributed by atoms with Crippen LogP contribution in [0.1, 0.15) is 12.0 Å². The lowest BCUT2D eigenvalue weighted by atomic mass is 10.2. The number of nitrogens with one attached hydrogen (secondary N) is 1. The number of hydrogen-bond donors (Lipinski definition) is 1. The Kier molecular flexibility index (Phi) is 6.16. The summed E-state index contributed by atoms with van der Waals surface area (Å²) in [4.78, 5) is 13.8. The number of hydrogen-bond acceptors (Lipinski definition) is 4. The quantitative estimate of drug-likeness (QED) is 0.758. The predicted octanol–water partition coefficient (Wildman–Crippen LogP) is 0.837. The Morgan fingerprint density at radius 2 is 1.80 bits per heavy atom. The lowest BCUT2D eigenvalue weighted by molar-refractivity contribution is -0.118. The number of carbonyl (C=O) groups excluding carboxylic acids is 1. The molecule has 1 amide bonds. The summed E-state index contributed by atoms with van der Waals surface area (Å²) < 4.78 is 24.1. The van der Waals surface area contributed by atoms with Crippen LogP contribution < -0.4 is 5.32 Å². The molecule has 0 unspecified atom stereocenters. The van der Waals surface area contributed by atoms with Crippen molar-refractivity contribution < 1.29 is 13.2 Å². The molecule has 20 heavy (non-hydrogen) atoms. The zero-order valence-electron chi connectivity index (χ0n) is 12.2. The number of aryl methyl sites for hydroxylation is 1. The van der Waals surface area contributed by atoms with Gasteiger partial charge in [0.15, 0.2) is 9.84 Å². The van der Waals surface area contributed by atoms with Gasteiger partial charge in [0.2, 0.25) is 5.91 Å². The number of carbonyl (C=O) groups is 1. The van der Waals surface area contributed by atoms with Gasteiger partial charge in [0.25, 0.3) is 0 Å². The molecule has 0 aliphatic carbocycles. The largest absolute Gasteiger partial charge is 0.355 e. The monoisotopic (exact) mass is 298 g/mol. The molecule has 0 heterocycles. The lowest BCUT2D eigenvalue weighted by Crippen LogP contribution is -2.32. The topological polar surface area (TPSA) is 66.5 Å². The predicted molar refractivity (Wildman–Crippen MR) is 79.4 cm³/mol. The van der Waals surface area contributed by atoms with E-state index in [4.69, 9.17) is 0 Å². The number of nitrogens with zero attached hydrogens (tertiary/aromatic N) is 1. The lowest BCUT2D eigenvalue weighted by Gasteiger charge is -2.10. The molecule has 0 saturated heterocycles. The van der Waals surface area contributed by atoms with Crippen molar-refractivity contribution in [3.8, 4) is 0 Å². The molecule has 0 spiro atoms. The third-order valence-electron chi connectivity index (χ3n) is 2.81. The van der Waals surface area contributed by atoms with Gasteiger partial charge in [-0.05, 0) is 46.1 Å². The highest BCUT2D eigenvalue weighted by molar-refractivity contribution is 7.92. The van der Waals surface area contributed by atoms with Crippen molar-refractivity contribution in [2.75, 3.05) is 32.9 Å². The zero-order chi connectivity index (χ0) is 15.2. The summed E-state index contributed by atoms with van der Waals surface area (Å²) in [5.74, 6) is -0.956. The van der Waals surface area contributed by atoms with Gasteiger partial charge in [-0.15, -0.1) is 0 Å². The summed E-state index contributed by atoms with van der Waals surface area (Å²) in [6, 6.07) is 6.51. The minimum Gasteiger partial charge on any atom is -0.355 e. The van der Waals surface area contributed by atoms with Gasteiger partial charge in [0, 0.05) is 6.54 Å². The van der Waals surface area contributed by atoms with Crippen LogP contribution in [-0.2, 0) is 14.6 Å². The Morgan fingerprint density at radius 3 is 2.35 bits per heavy atom. The molecular weight excluding hydrogens is 276 g/mol. The first-order valence-electron chi connectivity index (χ1n) is 6.52. The van der Waals surface area contributed by atoms with Crippen molar-refractivity contribution in [2.24, 2.45) is 0 Å². The smallest absolute Gasteiger partial charge is 0.235 e. The van der Waals surface area contributed by atoms with Gasteiger partial charge >= 0.3 is 0 Å². The molecule has 1 aromatic rings. The molecule has 0 radical (unpaired) electrons. The fraction of sp³-hybridized carbons (Fsp3) is 0.500. The Morgan fingerprint density at radius 1 is 1.20 bits per heavy atom. The first-order chi connectivity index (χ1) is 9.31. The van der Waals surface area contributed by atoms with Crippen molar-refractivity contribution in [3.63, 3.8) is 0 Å². The molecule has 1 rings (SSSR count). The van der Waals surface area contributed by atoms with Crippen LogP contribution in [0.3, 0.4) is 0 Å². The van der Waals surface area contributed by atoms with E-state index in [1.54, 1.807) is 12.1 Å². The van der Waals surface area contributed by atoms with E-state index in [2.05, 4.69) is 5.32 Å². The number of rotatable bonds is 7. The normalized spacial score (nSPS) is 11.6. The average Bonchev–Trinajstić information content (AvgIpc) is 2.34. The van der Waals surface area contributed by atoms with Crippen LogP contribution in [0.2, 0.25) is 0 Å². The summed E-state index contributed by atoms with van der Waals surface area (Å²) in [7, 11) is 0.344. The third kappa shape index (κ3) is 5.71. The molecule has 0 aliphatic heterocycles. The minimum absolute atomic E-state index is 0.187. The standard InChI is InChI=1S/C14H22N2O3S/c1-12-5-7-13(8-6-12)20(18,19)11-14(17)15-9-4-10-16(2)3/h5-8H,4,9-11H2,1-3H3,(H,15,17). The van der Waals surface area contributed by atoms with Crippen LogP contribution in [0.15, 0.2) is 29.2 Å². The number of sulfone groups is 1. The van der Waals surface area contributed by atoms with Crippen LogP contribution in [-0.4, -0.2) is 52.2 Å². The summed E-state index contributed by atoms with van der Waals surface area (Å²) in [5, 5.41) is 2.63. The van der Waals surface area contributed by atoms with Gasteiger partial charge in [0.05, 0.1) is 4.90 Å². The maximum atomic E-state index is 12.0. The third-order valence-corrected chi connectivity index (χ3v) is 4.44. The van der Waals surface area contributed by atoms with E-state index in [1.165, 1.54) is 12.1 Å². The molecule has 0 fully saturated rings. The van der Waals surface area contributed by atoms with E-state index >= 15 is 0 Å². The molecule has 6 heteroatoms. The van der Waals surface area contributed by atoms with E-state index in [0.29, 0.717) is 6.54 Å². The Labute approximate surface area is 120 Å². The molecule has 0 saturated carbocycles. The maximum absolute atomic E-state index is 12.0. The van der Waals surface area contributed by atoms with E-state index < -0.39 is 21.5 Å². The molecule has 0 bridgehead atoms. The Hall–Kier alpha value is -1.40. The molecule has 0 aliphatic rings. The highest BCUT2D eigenvalue weighted by atomic mass is 32.2. The highest BCUT2D eigenvalue weighted by Crippen LogP contribution is 2.11. The van der Waals surface area contributed by atoms with Gasteiger partial charge in [-0.2, -0.15) is 0 Å². The van der Waals surface area contributed by atoms with Gasteiger partial charge in [-0.3, -0.25) is 4.79 Å². The van der Waals surface area contributed by atoms with Crippen molar-refractivity contribution in [1.29, 1.82) is 0 Å². The van der Waals surface area contributed by atoms with Crippen LogP contribution in [0.25, 0.3) is 0 Å². The van der Waals surface area contributed by atoms with E-state index in [9.17, 15) is 13.2 Å². The zero-order valence-corrected chi connectivity index (χ0v) is 13.0. The second kappa shape index (κ2) is 7.40. The highest BCUT2D eigenvalue weighted by Gasteiger charge is 2.18. The Balaban J connectivity index is 2.50. The van der Waals surface area contributed by atoms with Crippen molar-refractivity contribution in [3.05, 3.63) is 29.8 Å². The summed E-state index contributed by atoms with van der Waals surface area (Å²) in [6.45, 7) is 3.22. The fourth-order valence-corrected chi connectivity index (χ4v) is 2.84. The minimum atomic E-state index is -3.55. The fourth-order valence-electron chi connectivity index (χ4n) is 1.68. The van der Waals surface area contributed by atoms with Crippen molar-refractivity contribution in [1.82, 2.24) is 10.2 Å². The second-order valence-electron chi connectivity index (χ2n) is 5.08. The summed E-state index contributed by atoms with van der Waals surface area (Å²) in [6.07, 6.45) is 0.795. The van der Waals surface area contributed by atoms with E-state index in [1.807, 2.05) is 25.9 Å². The van der Waals surface area contributed by atoms with Crippen LogP contribution in [0.4, 0.5) is 0 Å². The van der Waals surface area contributed by atoms with Crippen molar-refractivity contribution in [2.45, 2.75) is 18.2 Å². The van der Waals surface area contributed by atoms with Crippen LogP contribution in [0, 0.1) is 6.92 Å². The van der Waals surface area contributed by atoms with Crippen LogP contribution in [0.5, 0.6) is 0 Å². The summed E-state index contributed by atoms with van der Waals surface area (Å²) in [5.41, 5.74) is 0.983. The van der Waals surface area contributed by atoms with Crippen LogP contribution >= 0.6 is 0 Å². The van der Waals surface area contributed by atoms with Gasteiger partial charge < -0.3 is 10.2 Å². The average molecular weight is 298 g/mol. The molecule has 0 atom stereocenters. The van der Waals surface area contributed by atoms with Gasteiger partial charge in [0.1, 0.15) is 5.75 Å². The number of amides is 1. The summed E-state index contributed by atoms with van der Waals surface area (Å²) >= 11 is 0. The SMILES string of the molecule is Cc1ccc(S(=O)(=O)CC(=O)NCCCN(C)C)cc1. The van der Waals surface area contributed by atoms with Gasteiger partial charge in [-0.25, -0.2) is 8.42 Å². The molecule has 112 valence electrons. The van der Waals surface area contributed by atoms with E-state index in [0.717, 1.165) is 18.5 Å². The molecule has 1 N–H and O–H groups in total. The molecular formula is C14H22N2O3S. The molecule has 5 nitrogen and oxygen atoms in total. The first-order valence-corrected chi connectivity index (χ1v) is 8.17.